The Hall–Kier alpha value is -2.45. The van der Waals surface area contributed by atoms with Crippen molar-refractivity contribution in [3.63, 3.8) is 0 Å². The van der Waals surface area contributed by atoms with Crippen LogP contribution in [0.25, 0.3) is 10.8 Å². The minimum Gasteiger partial charge on any atom is -0.381 e. The van der Waals surface area contributed by atoms with Gasteiger partial charge in [-0.3, -0.25) is 9.59 Å². The van der Waals surface area contributed by atoms with E-state index in [2.05, 4.69) is 15.4 Å². The van der Waals surface area contributed by atoms with Crippen molar-refractivity contribution in [2.75, 3.05) is 49.8 Å². The van der Waals surface area contributed by atoms with Crippen LogP contribution in [0.5, 0.6) is 0 Å². The third-order valence-electron chi connectivity index (χ3n) is 4.82. The van der Waals surface area contributed by atoms with Crippen LogP contribution in [0.4, 0.5) is 5.82 Å². The third-order valence-corrected chi connectivity index (χ3v) is 4.82. The molecule has 4 rings (SSSR count). The molecule has 3 heterocycles. The molecule has 1 aromatic heterocycles. The van der Waals surface area contributed by atoms with Crippen LogP contribution in [0, 0.1) is 5.92 Å². The van der Waals surface area contributed by atoms with Gasteiger partial charge >= 0.3 is 0 Å². The van der Waals surface area contributed by atoms with E-state index in [-0.39, 0.29) is 17.4 Å². The first-order valence-electron chi connectivity index (χ1n) is 8.95. The van der Waals surface area contributed by atoms with Crippen LogP contribution in [-0.2, 0) is 14.3 Å². The standard InChI is InChI=1S/C18H22N4O4/c23-16(11-13-5-8-26-12-13)19-22-18(24)15-4-2-1-3-14(15)17(20-22)21-6-9-25-10-7-21/h1-4,13H,5-12H2,(H,19,23). The molecular weight excluding hydrogens is 336 g/mol. The van der Waals surface area contributed by atoms with E-state index in [1.807, 2.05) is 18.2 Å². The van der Waals surface area contributed by atoms with Gasteiger partial charge < -0.3 is 14.4 Å². The first-order chi connectivity index (χ1) is 12.7. The minimum atomic E-state index is -0.325. The van der Waals surface area contributed by atoms with Gasteiger partial charge in [0.05, 0.1) is 18.6 Å². The molecule has 1 unspecified atom stereocenters. The van der Waals surface area contributed by atoms with Gasteiger partial charge in [-0.2, -0.15) is 0 Å². The number of anilines is 1. The van der Waals surface area contributed by atoms with E-state index in [1.165, 1.54) is 0 Å². The fourth-order valence-electron chi connectivity index (χ4n) is 3.43. The molecule has 1 atom stereocenters. The van der Waals surface area contributed by atoms with E-state index in [0.717, 1.165) is 16.6 Å². The number of ether oxygens (including phenoxy) is 2. The summed E-state index contributed by atoms with van der Waals surface area (Å²) in [6.07, 6.45) is 1.19. The van der Waals surface area contributed by atoms with Crippen molar-refractivity contribution in [3.8, 4) is 0 Å². The van der Waals surface area contributed by atoms with Gasteiger partial charge in [-0.1, -0.05) is 18.2 Å². The summed E-state index contributed by atoms with van der Waals surface area (Å²) in [5.41, 5.74) is 2.32. The molecule has 2 aliphatic heterocycles. The molecule has 1 aromatic carbocycles. The Morgan fingerprint density at radius 3 is 2.65 bits per heavy atom. The summed E-state index contributed by atoms with van der Waals surface area (Å²) < 4.78 is 10.7. The summed E-state index contributed by atoms with van der Waals surface area (Å²) in [4.78, 5) is 28.3. The van der Waals surface area contributed by atoms with Crippen LogP contribution in [0.1, 0.15) is 12.8 Å². The molecule has 8 heteroatoms. The van der Waals surface area contributed by atoms with Gasteiger partial charge in [-0.15, -0.1) is 9.89 Å². The van der Waals surface area contributed by atoms with Crippen LogP contribution in [0.2, 0.25) is 0 Å². The van der Waals surface area contributed by atoms with Crippen molar-refractivity contribution in [1.82, 2.24) is 9.89 Å². The topological polar surface area (TPSA) is 85.7 Å². The van der Waals surface area contributed by atoms with Gasteiger partial charge in [-0.05, 0) is 18.4 Å². The maximum absolute atomic E-state index is 12.8. The smallest absolute Gasteiger partial charge is 0.294 e. The molecule has 8 nitrogen and oxygen atoms in total. The van der Waals surface area contributed by atoms with Crippen LogP contribution in [0.15, 0.2) is 29.1 Å². The zero-order valence-corrected chi connectivity index (χ0v) is 14.5. The summed E-state index contributed by atoms with van der Waals surface area (Å²) in [6, 6.07) is 7.35. The van der Waals surface area contributed by atoms with Crippen molar-refractivity contribution in [2.24, 2.45) is 5.92 Å². The maximum Gasteiger partial charge on any atom is 0.294 e. The number of nitrogens with zero attached hydrogens (tertiary/aromatic N) is 3. The lowest BCUT2D eigenvalue weighted by atomic mass is 10.1. The number of morpholine rings is 1. The highest BCUT2D eigenvalue weighted by molar-refractivity contribution is 5.92. The molecule has 0 saturated carbocycles. The van der Waals surface area contributed by atoms with Crippen LogP contribution >= 0.6 is 0 Å². The maximum atomic E-state index is 12.8. The lowest BCUT2D eigenvalue weighted by Gasteiger charge is -2.29. The zero-order chi connectivity index (χ0) is 17.9. The molecule has 1 N–H and O–H groups in total. The number of nitrogens with one attached hydrogen (secondary N) is 1. The summed E-state index contributed by atoms with van der Waals surface area (Å²) >= 11 is 0. The highest BCUT2D eigenvalue weighted by Gasteiger charge is 2.22. The van der Waals surface area contributed by atoms with Gasteiger partial charge in [0.1, 0.15) is 0 Å². The van der Waals surface area contributed by atoms with E-state index >= 15 is 0 Å². The van der Waals surface area contributed by atoms with Crippen LogP contribution in [0.3, 0.4) is 0 Å². The number of carbonyl (C=O) groups is 1. The van der Waals surface area contributed by atoms with Crippen molar-refractivity contribution >= 4 is 22.5 Å². The van der Waals surface area contributed by atoms with Crippen molar-refractivity contribution in [1.29, 1.82) is 0 Å². The average molecular weight is 358 g/mol. The largest absolute Gasteiger partial charge is 0.381 e. The van der Waals surface area contributed by atoms with Gasteiger partial charge in [0.2, 0.25) is 5.91 Å². The molecular formula is C18H22N4O4. The second-order valence-electron chi connectivity index (χ2n) is 6.65. The molecule has 2 fully saturated rings. The summed E-state index contributed by atoms with van der Waals surface area (Å²) in [5.74, 6) is 0.663. The van der Waals surface area contributed by atoms with E-state index in [4.69, 9.17) is 9.47 Å². The Kier molecular flexibility index (Phi) is 4.85. The predicted molar refractivity (Wildman–Crippen MR) is 96.9 cm³/mol. The lowest BCUT2D eigenvalue weighted by molar-refractivity contribution is -0.118. The number of fused-ring (bicyclic) bond motifs is 1. The van der Waals surface area contributed by atoms with Gasteiger partial charge in [0.25, 0.3) is 5.56 Å². The van der Waals surface area contributed by atoms with Crippen LogP contribution < -0.4 is 15.9 Å². The first-order valence-corrected chi connectivity index (χ1v) is 8.95. The average Bonchev–Trinajstić information content (AvgIpc) is 3.18. The fraction of sp³-hybridized carbons (Fsp3) is 0.500. The number of hydrogen-bond acceptors (Lipinski definition) is 6. The van der Waals surface area contributed by atoms with E-state index in [1.54, 1.807) is 6.07 Å². The Balaban J connectivity index is 1.66. The molecule has 2 aromatic rings. The molecule has 2 saturated heterocycles. The number of amides is 1. The highest BCUT2D eigenvalue weighted by Crippen LogP contribution is 2.22. The number of aromatic nitrogens is 2. The molecule has 0 spiro atoms. The monoisotopic (exact) mass is 358 g/mol. The first kappa shape index (κ1) is 17.0. The van der Waals surface area contributed by atoms with Gasteiger partial charge in [-0.25, -0.2) is 5.43 Å². The number of rotatable bonds is 4. The normalized spacial score (nSPS) is 20.5. The number of hydrogen-bond donors (Lipinski definition) is 1. The predicted octanol–water partition coefficient (Wildman–Crippen LogP) is 0.730. The summed E-state index contributed by atoms with van der Waals surface area (Å²) in [7, 11) is 0. The summed E-state index contributed by atoms with van der Waals surface area (Å²) in [6.45, 7) is 3.90. The molecule has 26 heavy (non-hydrogen) atoms. The Morgan fingerprint density at radius 1 is 1.15 bits per heavy atom. The molecule has 1 amide bonds. The number of carbonyl (C=O) groups excluding carboxylic acids is 1. The molecule has 2 aliphatic rings. The fourth-order valence-corrected chi connectivity index (χ4v) is 3.43. The van der Waals surface area contributed by atoms with E-state index < -0.39 is 0 Å². The Morgan fingerprint density at radius 2 is 1.92 bits per heavy atom. The third kappa shape index (κ3) is 3.42. The quantitative estimate of drug-likeness (QED) is 0.867. The summed E-state index contributed by atoms with van der Waals surface area (Å²) in [5, 5.41) is 5.77. The SMILES string of the molecule is O=C(CC1CCOC1)Nn1nc(N2CCOCC2)c2ccccc2c1=O. The second-order valence-corrected chi connectivity index (χ2v) is 6.65. The van der Waals surface area contributed by atoms with E-state index in [9.17, 15) is 9.59 Å². The van der Waals surface area contributed by atoms with E-state index in [0.29, 0.717) is 57.1 Å². The lowest BCUT2D eigenvalue weighted by Crippen LogP contribution is -2.41. The zero-order valence-electron chi connectivity index (χ0n) is 14.5. The Bertz CT molecular complexity index is 854. The highest BCUT2D eigenvalue weighted by atomic mass is 16.5. The molecule has 138 valence electrons. The molecule has 0 radical (unpaired) electrons. The minimum absolute atomic E-state index is 0.199. The van der Waals surface area contributed by atoms with Crippen molar-refractivity contribution in [3.05, 3.63) is 34.6 Å². The van der Waals surface area contributed by atoms with Crippen molar-refractivity contribution in [2.45, 2.75) is 12.8 Å². The molecule has 0 aliphatic carbocycles. The van der Waals surface area contributed by atoms with Gasteiger partial charge in [0.15, 0.2) is 5.82 Å². The number of benzene rings is 1. The van der Waals surface area contributed by atoms with Crippen molar-refractivity contribution < 1.29 is 14.3 Å². The van der Waals surface area contributed by atoms with Gasteiger partial charge in [0, 0.05) is 38.1 Å². The Labute approximate surface area is 150 Å². The second kappa shape index (κ2) is 7.43. The van der Waals surface area contributed by atoms with Crippen LogP contribution in [-0.4, -0.2) is 55.3 Å². The molecule has 0 bridgehead atoms.